The van der Waals surface area contributed by atoms with Gasteiger partial charge in [-0.3, -0.25) is 4.79 Å². The van der Waals surface area contributed by atoms with Crippen LogP contribution < -0.4 is 20.5 Å². The van der Waals surface area contributed by atoms with Crippen LogP contribution in [0.4, 0.5) is 0 Å². The summed E-state index contributed by atoms with van der Waals surface area (Å²) in [5, 5.41) is 3.40. The lowest BCUT2D eigenvalue weighted by atomic mass is 9.88. The number of primary amides is 1. The molecular weight excluding hydrogens is 244 g/mol. The third-order valence-corrected chi connectivity index (χ3v) is 3.44. The summed E-state index contributed by atoms with van der Waals surface area (Å²) in [4.78, 5) is 11.2. The van der Waals surface area contributed by atoms with Crippen molar-refractivity contribution in [2.24, 2.45) is 5.73 Å². The van der Waals surface area contributed by atoms with Crippen LogP contribution in [0.25, 0.3) is 0 Å². The number of fused-ring (bicyclic) bond motifs is 1. The fraction of sp³-hybridized carbons (Fsp3) is 0.500. The number of rotatable bonds is 4. The Morgan fingerprint density at radius 2 is 2.00 bits per heavy atom. The van der Waals surface area contributed by atoms with E-state index in [1.54, 1.807) is 14.2 Å². The van der Waals surface area contributed by atoms with E-state index in [0.29, 0.717) is 17.5 Å². The maximum Gasteiger partial charge on any atom is 0.219 e. The Hall–Kier alpha value is -1.75. The van der Waals surface area contributed by atoms with E-state index in [0.717, 1.165) is 12.0 Å². The number of amides is 1. The van der Waals surface area contributed by atoms with Gasteiger partial charge in [-0.25, -0.2) is 0 Å². The second kappa shape index (κ2) is 5.48. The molecule has 0 fully saturated rings. The summed E-state index contributed by atoms with van der Waals surface area (Å²) in [5.41, 5.74) is 7.56. The molecule has 1 amide bonds. The van der Waals surface area contributed by atoms with Crippen LogP contribution in [0.2, 0.25) is 0 Å². The first kappa shape index (κ1) is 13.7. The average molecular weight is 264 g/mol. The van der Waals surface area contributed by atoms with Gasteiger partial charge in [0.2, 0.25) is 5.91 Å². The minimum absolute atomic E-state index is 0.0592. The number of ether oxygens (including phenoxy) is 2. The topological polar surface area (TPSA) is 73.6 Å². The summed E-state index contributed by atoms with van der Waals surface area (Å²) in [5.74, 6) is 1.08. The van der Waals surface area contributed by atoms with Crippen LogP contribution in [0.1, 0.15) is 30.5 Å². The van der Waals surface area contributed by atoms with Gasteiger partial charge in [-0.1, -0.05) is 0 Å². The summed E-state index contributed by atoms with van der Waals surface area (Å²) in [7, 11) is 3.22. The molecule has 1 aromatic rings. The van der Waals surface area contributed by atoms with E-state index < -0.39 is 0 Å². The maximum atomic E-state index is 11.2. The number of hydrogen-bond donors (Lipinski definition) is 2. The second-order valence-electron chi connectivity index (χ2n) is 4.90. The zero-order valence-corrected chi connectivity index (χ0v) is 11.5. The number of nitrogens with one attached hydrogen (secondary N) is 1. The average Bonchev–Trinajstić information content (AvgIpc) is 2.36. The Morgan fingerprint density at radius 1 is 1.37 bits per heavy atom. The minimum atomic E-state index is -0.313. The van der Waals surface area contributed by atoms with Gasteiger partial charge in [0, 0.05) is 18.5 Å². The van der Waals surface area contributed by atoms with Crippen molar-refractivity contribution in [3.8, 4) is 11.5 Å². The van der Waals surface area contributed by atoms with Crippen molar-refractivity contribution < 1.29 is 14.3 Å². The standard InChI is InChI=1S/C14H20N2O3/c1-8-4-9-5-12(18-2)13(19-3)6-10(9)11(16-8)7-14(15)17/h5-6,8,11,16H,4,7H2,1-3H3,(H2,15,17)/t8-,11-/m1/s1. The lowest BCUT2D eigenvalue weighted by Gasteiger charge is -2.31. The van der Waals surface area contributed by atoms with E-state index in [4.69, 9.17) is 15.2 Å². The van der Waals surface area contributed by atoms with Gasteiger partial charge in [-0.15, -0.1) is 0 Å². The predicted octanol–water partition coefficient (Wildman–Crippen LogP) is 1.15. The molecular formula is C14H20N2O3. The molecule has 2 rings (SSSR count). The van der Waals surface area contributed by atoms with Gasteiger partial charge in [0.25, 0.3) is 0 Å². The molecule has 0 radical (unpaired) electrons. The maximum absolute atomic E-state index is 11.2. The van der Waals surface area contributed by atoms with E-state index in [2.05, 4.69) is 12.2 Å². The molecule has 0 spiro atoms. The van der Waals surface area contributed by atoms with Crippen molar-refractivity contribution in [3.05, 3.63) is 23.3 Å². The van der Waals surface area contributed by atoms with Crippen molar-refractivity contribution in [3.63, 3.8) is 0 Å². The fourth-order valence-electron chi connectivity index (χ4n) is 2.63. The quantitative estimate of drug-likeness (QED) is 0.855. The van der Waals surface area contributed by atoms with Gasteiger partial charge in [0.05, 0.1) is 14.2 Å². The predicted molar refractivity (Wildman–Crippen MR) is 72.4 cm³/mol. The third kappa shape index (κ3) is 2.81. The first-order chi connectivity index (χ1) is 9.05. The SMILES string of the molecule is COc1cc2c(cc1OC)[C@@H](CC(N)=O)N[C@H](C)C2. The van der Waals surface area contributed by atoms with Crippen LogP contribution in [0.5, 0.6) is 11.5 Å². The smallest absolute Gasteiger partial charge is 0.219 e. The van der Waals surface area contributed by atoms with Crippen molar-refractivity contribution in [1.82, 2.24) is 5.32 Å². The first-order valence-electron chi connectivity index (χ1n) is 6.34. The highest BCUT2D eigenvalue weighted by molar-refractivity contribution is 5.75. The van der Waals surface area contributed by atoms with Gasteiger partial charge in [0.15, 0.2) is 11.5 Å². The molecule has 0 saturated heterocycles. The number of benzene rings is 1. The van der Waals surface area contributed by atoms with Crippen LogP contribution >= 0.6 is 0 Å². The highest BCUT2D eigenvalue weighted by Crippen LogP contribution is 2.37. The molecule has 1 heterocycles. The summed E-state index contributed by atoms with van der Waals surface area (Å²) in [6.07, 6.45) is 1.18. The number of nitrogens with two attached hydrogens (primary N) is 1. The van der Waals surface area contributed by atoms with Crippen LogP contribution in [0.3, 0.4) is 0 Å². The van der Waals surface area contributed by atoms with Gasteiger partial charge >= 0.3 is 0 Å². The molecule has 0 unspecified atom stereocenters. The van der Waals surface area contributed by atoms with E-state index in [-0.39, 0.29) is 18.4 Å². The highest BCUT2D eigenvalue weighted by atomic mass is 16.5. The van der Waals surface area contributed by atoms with E-state index in [9.17, 15) is 4.79 Å². The highest BCUT2D eigenvalue weighted by Gasteiger charge is 2.27. The molecule has 5 nitrogen and oxygen atoms in total. The molecule has 5 heteroatoms. The summed E-state index contributed by atoms with van der Waals surface area (Å²) < 4.78 is 10.6. The summed E-state index contributed by atoms with van der Waals surface area (Å²) >= 11 is 0. The lowest BCUT2D eigenvalue weighted by Crippen LogP contribution is -2.39. The summed E-state index contributed by atoms with van der Waals surface area (Å²) in [6.45, 7) is 2.09. The second-order valence-corrected chi connectivity index (χ2v) is 4.90. The third-order valence-electron chi connectivity index (χ3n) is 3.44. The molecule has 3 N–H and O–H groups in total. The van der Waals surface area contributed by atoms with E-state index >= 15 is 0 Å². The van der Waals surface area contributed by atoms with E-state index in [1.807, 2.05) is 12.1 Å². The van der Waals surface area contributed by atoms with Gasteiger partial charge in [-0.2, -0.15) is 0 Å². The van der Waals surface area contributed by atoms with Crippen LogP contribution in [0, 0.1) is 0 Å². The molecule has 0 aliphatic carbocycles. The zero-order chi connectivity index (χ0) is 14.0. The molecule has 1 aromatic carbocycles. The molecule has 2 atom stereocenters. The van der Waals surface area contributed by atoms with Crippen molar-refractivity contribution in [2.45, 2.75) is 31.8 Å². The summed E-state index contributed by atoms with van der Waals surface area (Å²) in [6, 6.07) is 4.16. The molecule has 19 heavy (non-hydrogen) atoms. The van der Waals surface area contributed by atoms with Crippen molar-refractivity contribution in [2.75, 3.05) is 14.2 Å². The normalized spacial score (nSPS) is 21.6. The van der Waals surface area contributed by atoms with Crippen LogP contribution in [-0.4, -0.2) is 26.2 Å². The Balaban J connectivity index is 2.44. The molecule has 0 aromatic heterocycles. The molecule has 0 bridgehead atoms. The Labute approximate surface area is 113 Å². The minimum Gasteiger partial charge on any atom is -0.493 e. The Kier molecular flexibility index (Phi) is 3.95. The van der Waals surface area contributed by atoms with Gasteiger partial charge < -0.3 is 20.5 Å². The van der Waals surface area contributed by atoms with Crippen molar-refractivity contribution in [1.29, 1.82) is 0 Å². The number of carbonyl (C=O) groups is 1. The van der Waals surface area contributed by atoms with E-state index in [1.165, 1.54) is 5.56 Å². The monoisotopic (exact) mass is 264 g/mol. The van der Waals surface area contributed by atoms with Gasteiger partial charge in [0.1, 0.15) is 0 Å². The van der Waals surface area contributed by atoms with Crippen molar-refractivity contribution >= 4 is 5.91 Å². The fourth-order valence-corrected chi connectivity index (χ4v) is 2.63. The lowest BCUT2D eigenvalue weighted by molar-refractivity contribution is -0.118. The molecule has 1 aliphatic heterocycles. The number of carbonyl (C=O) groups excluding carboxylic acids is 1. The van der Waals surface area contributed by atoms with Crippen LogP contribution in [0.15, 0.2) is 12.1 Å². The number of hydrogen-bond acceptors (Lipinski definition) is 4. The largest absolute Gasteiger partial charge is 0.493 e. The zero-order valence-electron chi connectivity index (χ0n) is 11.5. The molecule has 1 aliphatic rings. The first-order valence-corrected chi connectivity index (χ1v) is 6.34. The molecule has 0 saturated carbocycles. The van der Waals surface area contributed by atoms with Crippen LogP contribution in [-0.2, 0) is 11.2 Å². The Bertz CT molecular complexity index is 488. The van der Waals surface area contributed by atoms with Gasteiger partial charge in [-0.05, 0) is 36.6 Å². The molecule has 104 valence electrons. The number of methoxy groups -OCH3 is 2. The Morgan fingerprint density at radius 3 is 2.58 bits per heavy atom.